The highest BCUT2D eigenvalue weighted by Crippen LogP contribution is 2.34. The van der Waals surface area contributed by atoms with E-state index in [1.165, 1.54) is 12.1 Å². The van der Waals surface area contributed by atoms with Gasteiger partial charge in [0, 0.05) is 11.5 Å². The number of aromatic nitrogens is 1. The minimum absolute atomic E-state index is 0.0827. The second kappa shape index (κ2) is 5.32. The predicted molar refractivity (Wildman–Crippen MR) is 72.8 cm³/mol. The number of benzene rings is 1. The summed E-state index contributed by atoms with van der Waals surface area (Å²) in [7, 11) is 0. The zero-order valence-electron chi connectivity index (χ0n) is 11.4. The molecule has 5 heteroatoms. The first kappa shape index (κ1) is 13.2. The third-order valence-corrected chi connectivity index (χ3v) is 3.82. The maximum atomic E-state index is 13.2. The maximum absolute atomic E-state index is 13.2. The van der Waals surface area contributed by atoms with Gasteiger partial charge in [-0.25, -0.2) is 4.39 Å². The molecular formula is C15H17FN2O2. The van der Waals surface area contributed by atoms with E-state index in [0.717, 1.165) is 36.9 Å². The SMILES string of the molecule is CC(=O)CN1CCCCC1c1noc2cc(F)ccc12. The van der Waals surface area contributed by atoms with Crippen molar-refractivity contribution in [2.45, 2.75) is 32.2 Å². The van der Waals surface area contributed by atoms with Crippen LogP contribution in [0.5, 0.6) is 0 Å². The normalized spacial score (nSPS) is 20.4. The van der Waals surface area contributed by atoms with Crippen LogP contribution in [0.4, 0.5) is 4.39 Å². The summed E-state index contributed by atoms with van der Waals surface area (Å²) in [5.41, 5.74) is 1.29. The molecule has 2 aromatic rings. The second-order valence-electron chi connectivity index (χ2n) is 5.39. The van der Waals surface area contributed by atoms with Gasteiger partial charge in [0.25, 0.3) is 0 Å². The zero-order valence-corrected chi connectivity index (χ0v) is 11.4. The number of nitrogens with zero attached hydrogens (tertiary/aromatic N) is 2. The van der Waals surface area contributed by atoms with E-state index in [9.17, 15) is 9.18 Å². The summed E-state index contributed by atoms with van der Waals surface area (Å²) in [6.45, 7) is 2.92. The number of carbonyl (C=O) groups excluding carboxylic acids is 1. The quantitative estimate of drug-likeness (QED) is 0.864. The number of fused-ring (bicyclic) bond motifs is 1. The fraction of sp³-hybridized carbons (Fsp3) is 0.467. The Balaban J connectivity index is 1.97. The number of halogens is 1. The summed E-state index contributed by atoms with van der Waals surface area (Å²) in [6.07, 6.45) is 3.15. The van der Waals surface area contributed by atoms with Crippen LogP contribution in [0.25, 0.3) is 11.0 Å². The summed E-state index contributed by atoms with van der Waals surface area (Å²) < 4.78 is 18.4. The molecule has 0 radical (unpaired) electrons. The molecule has 2 heterocycles. The summed E-state index contributed by atoms with van der Waals surface area (Å²) in [5.74, 6) is -0.180. The van der Waals surface area contributed by atoms with Gasteiger partial charge in [-0.15, -0.1) is 0 Å². The molecule has 0 spiro atoms. The van der Waals surface area contributed by atoms with E-state index in [1.54, 1.807) is 13.0 Å². The Kier molecular flexibility index (Phi) is 3.53. The van der Waals surface area contributed by atoms with E-state index in [4.69, 9.17) is 4.52 Å². The number of hydrogen-bond acceptors (Lipinski definition) is 4. The molecule has 1 aliphatic heterocycles. The van der Waals surface area contributed by atoms with Crippen molar-refractivity contribution < 1.29 is 13.7 Å². The number of ketones is 1. The minimum atomic E-state index is -0.329. The fourth-order valence-electron chi connectivity index (χ4n) is 2.95. The van der Waals surface area contributed by atoms with E-state index >= 15 is 0 Å². The lowest BCUT2D eigenvalue weighted by atomic mass is 9.97. The van der Waals surface area contributed by atoms with Gasteiger partial charge in [0.2, 0.25) is 0 Å². The summed E-state index contributed by atoms with van der Waals surface area (Å²) in [6, 6.07) is 4.56. The minimum Gasteiger partial charge on any atom is -0.356 e. The van der Waals surface area contributed by atoms with Gasteiger partial charge in [-0.3, -0.25) is 9.69 Å². The molecule has 0 aliphatic carbocycles. The van der Waals surface area contributed by atoms with Crippen LogP contribution in [0, 0.1) is 5.82 Å². The number of carbonyl (C=O) groups is 1. The van der Waals surface area contributed by atoms with Crippen LogP contribution in [-0.2, 0) is 4.79 Å². The van der Waals surface area contributed by atoms with Crippen molar-refractivity contribution in [3.63, 3.8) is 0 Å². The maximum Gasteiger partial charge on any atom is 0.170 e. The van der Waals surface area contributed by atoms with Crippen molar-refractivity contribution in [2.24, 2.45) is 0 Å². The van der Waals surface area contributed by atoms with Gasteiger partial charge in [0.05, 0.1) is 12.6 Å². The van der Waals surface area contributed by atoms with Crippen LogP contribution in [0.1, 0.15) is 37.9 Å². The zero-order chi connectivity index (χ0) is 14.1. The smallest absolute Gasteiger partial charge is 0.170 e. The monoisotopic (exact) mass is 276 g/mol. The number of rotatable bonds is 3. The van der Waals surface area contributed by atoms with Gasteiger partial charge in [-0.05, 0) is 38.4 Å². The third kappa shape index (κ3) is 2.45. The van der Waals surface area contributed by atoms with Crippen molar-refractivity contribution in [2.75, 3.05) is 13.1 Å². The van der Waals surface area contributed by atoms with Crippen LogP contribution in [0.2, 0.25) is 0 Å². The lowest BCUT2D eigenvalue weighted by molar-refractivity contribution is -0.119. The van der Waals surface area contributed by atoms with Crippen LogP contribution in [0.15, 0.2) is 22.7 Å². The summed E-state index contributed by atoms with van der Waals surface area (Å²) in [4.78, 5) is 13.5. The molecule has 1 atom stereocenters. The molecule has 4 nitrogen and oxygen atoms in total. The van der Waals surface area contributed by atoms with Crippen LogP contribution in [0.3, 0.4) is 0 Å². The Bertz CT molecular complexity index is 638. The van der Waals surface area contributed by atoms with E-state index in [2.05, 4.69) is 10.1 Å². The largest absolute Gasteiger partial charge is 0.356 e. The number of likely N-dealkylation sites (tertiary alicyclic amines) is 1. The first-order valence-electron chi connectivity index (χ1n) is 6.93. The molecule has 0 saturated carbocycles. The Morgan fingerprint density at radius 2 is 2.35 bits per heavy atom. The number of Topliss-reactive ketones (excluding diaryl/α,β-unsaturated/α-hetero) is 1. The third-order valence-electron chi connectivity index (χ3n) is 3.82. The average molecular weight is 276 g/mol. The second-order valence-corrected chi connectivity index (χ2v) is 5.39. The average Bonchev–Trinajstić information content (AvgIpc) is 2.81. The lowest BCUT2D eigenvalue weighted by Crippen LogP contribution is -2.36. The van der Waals surface area contributed by atoms with Crippen LogP contribution >= 0.6 is 0 Å². The van der Waals surface area contributed by atoms with Gasteiger partial charge in [0.15, 0.2) is 5.58 Å². The van der Waals surface area contributed by atoms with E-state index < -0.39 is 0 Å². The summed E-state index contributed by atoms with van der Waals surface area (Å²) >= 11 is 0. The van der Waals surface area contributed by atoms with Crippen molar-refractivity contribution in [3.8, 4) is 0 Å². The fourth-order valence-corrected chi connectivity index (χ4v) is 2.95. The van der Waals surface area contributed by atoms with Crippen molar-refractivity contribution in [3.05, 3.63) is 29.7 Å². The summed E-state index contributed by atoms with van der Waals surface area (Å²) in [5, 5.41) is 4.96. The van der Waals surface area contributed by atoms with Crippen molar-refractivity contribution >= 4 is 16.8 Å². The lowest BCUT2D eigenvalue weighted by Gasteiger charge is -2.33. The van der Waals surface area contributed by atoms with Crippen LogP contribution in [-0.4, -0.2) is 28.9 Å². The molecular weight excluding hydrogens is 259 g/mol. The molecule has 1 fully saturated rings. The molecule has 3 rings (SSSR count). The van der Waals surface area contributed by atoms with Gasteiger partial charge < -0.3 is 4.52 Å². The Labute approximate surface area is 116 Å². The Morgan fingerprint density at radius 3 is 3.15 bits per heavy atom. The molecule has 106 valence electrons. The van der Waals surface area contributed by atoms with Crippen molar-refractivity contribution in [1.82, 2.24) is 10.1 Å². The standard InChI is InChI=1S/C15H17FN2O2/c1-10(19)9-18-7-3-2-4-13(18)15-12-6-5-11(16)8-14(12)20-17-15/h5-6,8,13H,2-4,7,9H2,1H3. The molecule has 0 N–H and O–H groups in total. The van der Waals surface area contributed by atoms with Gasteiger partial charge in [0.1, 0.15) is 17.3 Å². The highest BCUT2D eigenvalue weighted by molar-refractivity contribution is 5.80. The van der Waals surface area contributed by atoms with Gasteiger partial charge in [-0.2, -0.15) is 0 Å². The molecule has 1 aromatic heterocycles. The van der Waals surface area contributed by atoms with E-state index in [1.807, 2.05) is 0 Å². The van der Waals surface area contributed by atoms with Crippen molar-refractivity contribution in [1.29, 1.82) is 0 Å². The molecule has 0 amide bonds. The first-order valence-corrected chi connectivity index (χ1v) is 6.93. The van der Waals surface area contributed by atoms with Gasteiger partial charge in [-0.1, -0.05) is 11.6 Å². The van der Waals surface area contributed by atoms with E-state index in [0.29, 0.717) is 12.1 Å². The highest BCUT2D eigenvalue weighted by Gasteiger charge is 2.28. The Morgan fingerprint density at radius 1 is 1.50 bits per heavy atom. The molecule has 20 heavy (non-hydrogen) atoms. The van der Waals surface area contributed by atoms with Gasteiger partial charge >= 0.3 is 0 Å². The molecule has 1 unspecified atom stereocenters. The first-order chi connectivity index (χ1) is 9.65. The molecule has 1 aromatic carbocycles. The highest BCUT2D eigenvalue weighted by atomic mass is 19.1. The number of piperidine rings is 1. The Hall–Kier alpha value is -1.75. The number of hydrogen-bond donors (Lipinski definition) is 0. The van der Waals surface area contributed by atoms with Crippen LogP contribution < -0.4 is 0 Å². The molecule has 1 aliphatic rings. The molecule has 0 bridgehead atoms. The molecule has 1 saturated heterocycles. The topological polar surface area (TPSA) is 46.3 Å². The predicted octanol–water partition coefficient (Wildman–Crippen LogP) is 3.08. The van der Waals surface area contributed by atoms with E-state index in [-0.39, 0.29) is 17.6 Å².